The Morgan fingerprint density at radius 1 is 1.00 bits per heavy atom. The summed E-state index contributed by atoms with van der Waals surface area (Å²) in [5, 5.41) is 22.5. The van der Waals surface area contributed by atoms with Crippen molar-refractivity contribution in [3.63, 3.8) is 0 Å². The standard InChI is InChI=1S/C26H15Cl2N3O7S2/c27-15-7-5-14(6-8-15)23(32)21-22(18-3-1-2-4-19(18)28)30(25(34)24(21)33)26-29-13-20(39-26)40(37,38)17-11-9-16(10-12-17)31(35)36/h1-13,22,32H/t22-/m0/s1. The van der Waals surface area contributed by atoms with E-state index in [0.29, 0.717) is 21.9 Å². The SMILES string of the molecule is O=C1C(=O)N(c2ncc(S(=O)(=O)c3ccc([N+](=O)[O-])cc3)s2)[C@@H](c2ccccc2Cl)C1=C(O)c1ccc(Cl)cc1. The van der Waals surface area contributed by atoms with Gasteiger partial charge in [-0.05, 0) is 48.0 Å². The number of hydrogen-bond donors (Lipinski definition) is 1. The quantitative estimate of drug-likeness (QED) is 0.0938. The number of anilines is 1. The molecule has 202 valence electrons. The maximum atomic E-state index is 13.4. The van der Waals surface area contributed by atoms with Crippen LogP contribution in [0.3, 0.4) is 0 Å². The Kier molecular flexibility index (Phi) is 7.19. The maximum Gasteiger partial charge on any atom is 0.301 e. The lowest BCUT2D eigenvalue weighted by Gasteiger charge is -2.23. The van der Waals surface area contributed by atoms with E-state index >= 15 is 0 Å². The summed E-state index contributed by atoms with van der Waals surface area (Å²) in [6.07, 6.45) is 1.03. The number of nitro groups is 1. The van der Waals surface area contributed by atoms with E-state index in [4.69, 9.17) is 23.2 Å². The van der Waals surface area contributed by atoms with E-state index in [0.717, 1.165) is 35.4 Å². The van der Waals surface area contributed by atoms with Gasteiger partial charge in [0.25, 0.3) is 11.5 Å². The number of non-ortho nitro benzene ring substituents is 1. The number of ketones is 1. The molecule has 1 aliphatic heterocycles. The molecule has 1 atom stereocenters. The number of hydrogen-bond acceptors (Lipinski definition) is 9. The van der Waals surface area contributed by atoms with Gasteiger partial charge < -0.3 is 5.11 Å². The fraction of sp³-hybridized carbons (Fsp3) is 0.0385. The van der Waals surface area contributed by atoms with Crippen LogP contribution in [0, 0.1) is 10.1 Å². The van der Waals surface area contributed by atoms with Crippen molar-refractivity contribution < 1.29 is 28.0 Å². The van der Waals surface area contributed by atoms with Crippen LogP contribution in [0.15, 0.2) is 93.7 Å². The predicted molar refractivity (Wildman–Crippen MR) is 148 cm³/mol. The smallest absolute Gasteiger partial charge is 0.301 e. The average molecular weight is 616 g/mol. The van der Waals surface area contributed by atoms with Gasteiger partial charge in [0, 0.05) is 27.7 Å². The highest BCUT2D eigenvalue weighted by atomic mass is 35.5. The summed E-state index contributed by atoms with van der Waals surface area (Å²) >= 11 is 13.0. The number of carbonyl (C=O) groups excluding carboxylic acids is 2. The highest BCUT2D eigenvalue weighted by Crippen LogP contribution is 2.46. The highest BCUT2D eigenvalue weighted by molar-refractivity contribution is 7.93. The summed E-state index contributed by atoms with van der Waals surface area (Å²) in [7, 11) is -4.18. The monoisotopic (exact) mass is 615 g/mol. The molecule has 0 saturated carbocycles. The molecule has 1 aromatic heterocycles. The minimum atomic E-state index is -4.18. The second-order valence-electron chi connectivity index (χ2n) is 8.41. The number of aliphatic hydroxyl groups excluding tert-OH is 1. The van der Waals surface area contributed by atoms with E-state index in [1.165, 1.54) is 24.3 Å². The number of rotatable bonds is 6. The molecule has 14 heteroatoms. The first-order chi connectivity index (χ1) is 19.0. The minimum absolute atomic E-state index is 0.136. The summed E-state index contributed by atoms with van der Waals surface area (Å²) in [5.41, 5.74) is -0.0307. The van der Waals surface area contributed by atoms with Gasteiger partial charge in [0.2, 0.25) is 9.84 Å². The van der Waals surface area contributed by atoms with Crippen molar-refractivity contribution in [2.24, 2.45) is 0 Å². The first kappa shape index (κ1) is 27.5. The summed E-state index contributed by atoms with van der Waals surface area (Å²) in [6.45, 7) is 0. The number of sulfone groups is 1. The van der Waals surface area contributed by atoms with Gasteiger partial charge in [-0.1, -0.05) is 52.7 Å². The van der Waals surface area contributed by atoms with E-state index < -0.39 is 38.3 Å². The van der Waals surface area contributed by atoms with Crippen LogP contribution in [0.4, 0.5) is 10.8 Å². The largest absolute Gasteiger partial charge is 0.507 e. The third-order valence-electron chi connectivity index (χ3n) is 6.06. The van der Waals surface area contributed by atoms with Gasteiger partial charge in [0.05, 0.1) is 27.6 Å². The first-order valence-electron chi connectivity index (χ1n) is 11.3. The summed E-state index contributed by atoms with van der Waals surface area (Å²) in [4.78, 5) is 41.8. The molecule has 1 fully saturated rings. The van der Waals surface area contributed by atoms with Crippen LogP contribution in [0.25, 0.3) is 5.76 Å². The summed E-state index contributed by atoms with van der Waals surface area (Å²) in [5.74, 6) is -2.54. The average Bonchev–Trinajstić information content (AvgIpc) is 3.52. The van der Waals surface area contributed by atoms with Crippen LogP contribution in [-0.2, 0) is 19.4 Å². The van der Waals surface area contributed by atoms with Gasteiger partial charge in [0.1, 0.15) is 9.97 Å². The molecule has 0 unspecified atom stereocenters. The molecule has 0 aliphatic carbocycles. The normalized spacial score (nSPS) is 16.9. The van der Waals surface area contributed by atoms with Crippen LogP contribution >= 0.6 is 34.5 Å². The Balaban J connectivity index is 1.63. The van der Waals surface area contributed by atoms with Crippen molar-refractivity contribution in [1.82, 2.24) is 4.98 Å². The fourth-order valence-corrected chi connectivity index (χ4v) is 7.05. The molecule has 1 aliphatic rings. The minimum Gasteiger partial charge on any atom is -0.507 e. The number of amides is 1. The van der Waals surface area contributed by atoms with Crippen LogP contribution < -0.4 is 4.90 Å². The maximum absolute atomic E-state index is 13.4. The second-order valence-corrected chi connectivity index (χ2v) is 12.4. The molecule has 1 N–H and O–H groups in total. The molecule has 0 radical (unpaired) electrons. The summed E-state index contributed by atoms with van der Waals surface area (Å²) in [6, 6.07) is 15.4. The van der Waals surface area contributed by atoms with E-state index in [9.17, 15) is 33.2 Å². The zero-order valence-corrected chi connectivity index (χ0v) is 23.0. The Hall–Kier alpha value is -4.10. The number of aromatic nitrogens is 1. The second kappa shape index (κ2) is 10.5. The van der Waals surface area contributed by atoms with Crippen LogP contribution in [0.1, 0.15) is 17.2 Å². The van der Waals surface area contributed by atoms with Crippen molar-refractivity contribution in [1.29, 1.82) is 0 Å². The van der Waals surface area contributed by atoms with E-state index in [1.54, 1.807) is 24.3 Å². The van der Waals surface area contributed by atoms with Crippen molar-refractivity contribution in [2.45, 2.75) is 15.1 Å². The molecule has 4 aromatic rings. The van der Waals surface area contributed by atoms with Crippen molar-refractivity contribution in [3.8, 4) is 0 Å². The lowest BCUT2D eigenvalue weighted by atomic mass is 9.95. The Bertz CT molecular complexity index is 1820. The number of carbonyl (C=O) groups is 2. The van der Waals surface area contributed by atoms with Crippen molar-refractivity contribution >= 4 is 72.6 Å². The number of benzene rings is 3. The lowest BCUT2D eigenvalue weighted by Crippen LogP contribution is -2.29. The predicted octanol–water partition coefficient (Wildman–Crippen LogP) is 5.82. The Morgan fingerprint density at radius 3 is 2.27 bits per heavy atom. The van der Waals surface area contributed by atoms with Crippen LogP contribution in [0.5, 0.6) is 0 Å². The van der Waals surface area contributed by atoms with E-state index in [2.05, 4.69) is 4.98 Å². The zero-order valence-electron chi connectivity index (χ0n) is 19.9. The summed E-state index contributed by atoms with van der Waals surface area (Å²) < 4.78 is 26.2. The number of aliphatic hydroxyl groups is 1. The third kappa shape index (κ3) is 4.75. The topological polar surface area (TPSA) is 148 Å². The van der Waals surface area contributed by atoms with Gasteiger partial charge >= 0.3 is 5.91 Å². The molecule has 0 spiro atoms. The number of Topliss-reactive ketones (excluding diaryl/α,β-unsaturated/α-hetero) is 1. The highest BCUT2D eigenvalue weighted by Gasteiger charge is 2.49. The molecule has 5 rings (SSSR count). The molecular formula is C26H15Cl2N3O7S2. The number of nitrogens with zero attached hydrogens (tertiary/aromatic N) is 3. The van der Waals surface area contributed by atoms with Gasteiger partial charge in [-0.25, -0.2) is 13.4 Å². The molecule has 0 bridgehead atoms. The molecule has 10 nitrogen and oxygen atoms in total. The number of thiazole rings is 1. The van der Waals surface area contributed by atoms with Gasteiger partial charge in [0.15, 0.2) is 5.13 Å². The Morgan fingerprint density at radius 2 is 1.65 bits per heavy atom. The van der Waals surface area contributed by atoms with Gasteiger partial charge in [-0.15, -0.1) is 0 Å². The fourth-order valence-electron chi connectivity index (χ4n) is 4.13. The van der Waals surface area contributed by atoms with Crippen molar-refractivity contribution in [2.75, 3.05) is 4.90 Å². The molecule has 3 aromatic carbocycles. The van der Waals surface area contributed by atoms with Gasteiger partial charge in [-0.3, -0.25) is 24.6 Å². The van der Waals surface area contributed by atoms with E-state index in [1.807, 2.05) is 0 Å². The molecule has 2 heterocycles. The number of nitro benzene ring substituents is 1. The zero-order chi connectivity index (χ0) is 28.8. The van der Waals surface area contributed by atoms with Crippen LogP contribution in [-0.4, -0.2) is 35.1 Å². The van der Waals surface area contributed by atoms with Gasteiger partial charge in [-0.2, -0.15) is 0 Å². The number of halogens is 2. The molecular weight excluding hydrogens is 601 g/mol. The van der Waals surface area contributed by atoms with Crippen molar-refractivity contribution in [3.05, 3.63) is 116 Å². The Labute approximate surface area is 240 Å². The lowest BCUT2D eigenvalue weighted by molar-refractivity contribution is -0.384. The molecule has 1 saturated heterocycles. The molecule has 1 amide bonds. The third-order valence-corrected chi connectivity index (χ3v) is 9.89. The van der Waals surface area contributed by atoms with E-state index in [-0.39, 0.29) is 36.1 Å². The first-order valence-corrected chi connectivity index (χ1v) is 14.3. The molecule has 40 heavy (non-hydrogen) atoms. The van der Waals surface area contributed by atoms with Crippen LogP contribution in [0.2, 0.25) is 10.0 Å².